The molecule has 36 heavy (non-hydrogen) atoms. The van der Waals surface area contributed by atoms with E-state index < -0.39 is 30.4 Å². The molecule has 0 bridgehead atoms. The number of nitrogens with zero attached hydrogens (tertiary/aromatic N) is 1. The minimum atomic E-state index is -0.670. The Hall–Kier alpha value is -3.97. The van der Waals surface area contributed by atoms with Gasteiger partial charge >= 0.3 is 11.9 Å². The highest BCUT2D eigenvalue weighted by atomic mass is 19.1. The molecule has 4 aromatic rings. The number of hydrogen-bond acceptors (Lipinski definition) is 5. The Morgan fingerprint density at radius 2 is 1.56 bits per heavy atom. The van der Waals surface area contributed by atoms with Gasteiger partial charge in [-0.2, -0.15) is 0 Å². The van der Waals surface area contributed by atoms with E-state index in [1.54, 1.807) is 36.4 Å². The first kappa shape index (κ1) is 23.8. The molecule has 1 aromatic heterocycles. The van der Waals surface area contributed by atoms with E-state index in [2.05, 4.69) is 0 Å². The Labute approximate surface area is 208 Å². The highest BCUT2D eigenvalue weighted by Crippen LogP contribution is 2.34. The molecule has 3 aromatic carbocycles. The summed E-state index contributed by atoms with van der Waals surface area (Å²) < 4.78 is 33.2. The first-order chi connectivity index (χ1) is 17.4. The third-order valence-corrected chi connectivity index (χ3v) is 6.38. The number of aryl methyl sites for hydroxylation is 2. The summed E-state index contributed by atoms with van der Waals surface area (Å²) in [5.41, 5.74) is 3.73. The summed E-state index contributed by atoms with van der Waals surface area (Å²) in [6, 6.07) is 20.5. The van der Waals surface area contributed by atoms with Crippen molar-refractivity contribution in [1.29, 1.82) is 0 Å². The van der Waals surface area contributed by atoms with Gasteiger partial charge in [0.05, 0.1) is 16.6 Å². The van der Waals surface area contributed by atoms with E-state index in [4.69, 9.17) is 14.2 Å². The summed E-state index contributed by atoms with van der Waals surface area (Å²) in [7, 11) is 0. The number of benzene rings is 3. The van der Waals surface area contributed by atoms with Crippen molar-refractivity contribution in [2.45, 2.75) is 38.7 Å². The second-order valence-corrected chi connectivity index (χ2v) is 9.07. The van der Waals surface area contributed by atoms with Gasteiger partial charge in [0.2, 0.25) is 0 Å². The van der Waals surface area contributed by atoms with Crippen LogP contribution >= 0.6 is 0 Å². The number of ether oxygens (including phenoxy) is 3. The van der Waals surface area contributed by atoms with E-state index in [9.17, 15) is 14.0 Å². The molecule has 1 fully saturated rings. The number of carbonyl (C=O) groups excluding carboxylic acids is 2. The van der Waals surface area contributed by atoms with Crippen molar-refractivity contribution in [3.05, 3.63) is 107 Å². The van der Waals surface area contributed by atoms with Crippen LogP contribution in [0.4, 0.5) is 4.39 Å². The van der Waals surface area contributed by atoms with Crippen molar-refractivity contribution < 1.29 is 28.2 Å². The Bertz CT molecular complexity index is 1390. The molecule has 0 N–H and O–H groups in total. The lowest BCUT2D eigenvalue weighted by molar-refractivity contribution is -0.0561. The second kappa shape index (κ2) is 9.95. The standard InChI is InChI=1S/C29H26FNO5/c1-18-3-7-20(8-4-18)28(32)34-17-26-25(36-29(33)21-9-5-19(2)6-10-21)16-27(35-26)31-14-13-22-15-23(30)11-12-24(22)31/h3-15,25-27H,16-17H2,1-2H3/t25-,26+,27-/m0/s1. The number of hydrogen-bond donors (Lipinski definition) is 0. The van der Waals surface area contributed by atoms with Crippen molar-refractivity contribution in [3.8, 4) is 0 Å². The zero-order valence-electron chi connectivity index (χ0n) is 20.0. The summed E-state index contributed by atoms with van der Waals surface area (Å²) in [6.45, 7) is 3.80. The van der Waals surface area contributed by atoms with Crippen LogP contribution in [0.25, 0.3) is 10.9 Å². The number of halogens is 1. The van der Waals surface area contributed by atoms with E-state index in [1.807, 2.05) is 48.9 Å². The molecule has 184 valence electrons. The van der Waals surface area contributed by atoms with E-state index in [1.165, 1.54) is 12.1 Å². The normalized spacial score (nSPS) is 19.4. The number of rotatable bonds is 6. The Morgan fingerprint density at radius 3 is 2.22 bits per heavy atom. The molecule has 1 aliphatic rings. The van der Waals surface area contributed by atoms with Gasteiger partial charge in [-0.3, -0.25) is 0 Å². The Kier molecular flexibility index (Phi) is 6.57. The van der Waals surface area contributed by atoms with Gasteiger partial charge in [0.15, 0.2) is 0 Å². The van der Waals surface area contributed by atoms with E-state index in [-0.39, 0.29) is 12.4 Å². The lowest BCUT2D eigenvalue weighted by atomic mass is 10.1. The number of esters is 2. The van der Waals surface area contributed by atoms with Gasteiger partial charge < -0.3 is 18.8 Å². The quantitative estimate of drug-likeness (QED) is 0.323. The third kappa shape index (κ3) is 5.02. The van der Waals surface area contributed by atoms with Crippen molar-refractivity contribution in [2.75, 3.05) is 6.61 Å². The van der Waals surface area contributed by atoms with Gasteiger partial charge in [-0.25, -0.2) is 14.0 Å². The molecule has 7 heteroatoms. The molecule has 2 heterocycles. The molecule has 5 rings (SSSR count). The van der Waals surface area contributed by atoms with E-state index >= 15 is 0 Å². The molecule has 1 saturated heterocycles. The van der Waals surface area contributed by atoms with Crippen LogP contribution in [0.1, 0.15) is 44.5 Å². The molecule has 6 nitrogen and oxygen atoms in total. The monoisotopic (exact) mass is 487 g/mol. The van der Waals surface area contributed by atoms with Crippen LogP contribution in [0.2, 0.25) is 0 Å². The lowest BCUT2D eigenvalue weighted by Gasteiger charge is -2.19. The van der Waals surface area contributed by atoms with Gasteiger partial charge in [-0.1, -0.05) is 35.4 Å². The maximum absolute atomic E-state index is 13.7. The maximum atomic E-state index is 13.7. The fourth-order valence-corrected chi connectivity index (χ4v) is 4.36. The SMILES string of the molecule is Cc1ccc(C(=O)OC[C@H]2O[C@H](n3ccc4cc(F)ccc43)C[C@@H]2OC(=O)c2ccc(C)cc2)cc1. The van der Waals surface area contributed by atoms with Crippen LogP contribution in [0.5, 0.6) is 0 Å². The fourth-order valence-electron chi connectivity index (χ4n) is 4.36. The first-order valence-electron chi connectivity index (χ1n) is 11.8. The summed E-state index contributed by atoms with van der Waals surface area (Å²) in [5.74, 6) is -1.27. The van der Waals surface area contributed by atoms with Gasteiger partial charge in [0.1, 0.15) is 30.9 Å². The first-order valence-corrected chi connectivity index (χ1v) is 11.8. The number of carbonyl (C=O) groups is 2. The molecule has 0 spiro atoms. The molecule has 0 unspecified atom stereocenters. The molecule has 0 radical (unpaired) electrons. The molecule has 0 saturated carbocycles. The van der Waals surface area contributed by atoms with Crippen molar-refractivity contribution in [2.24, 2.45) is 0 Å². The van der Waals surface area contributed by atoms with Crippen LogP contribution < -0.4 is 0 Å². The van der Waals surface area contributed by atoms with E-state index in [0.29, 0.717) is 17.5 Å². The zero-order valence-corrected chi connectivity index (χ0v) is 20.0. The molecular formula is C29H26FNO5. The summed E-state index contributed by atoms with van der Waals surface area (Å²) >= 11 is 0. The predicted molar refractivity (Wildman–Crippen MR) is 132 cm³/mol. The minimum absolute atomic E-state index is 0.0805. The minimum Gasteiger partial charge on any atom is -0.459 e. The van der Waals surface area contributed by atoms with Gasteiger partial charge in [0, 0.05) is 18.0 Å². The average Bonchev–Trinajstić information content (AvgIpc) is 3.46. The van der Waals surface area contributed by atoms with Crippen molar-refractivity contribution >= 4 is 22.8 Å². The predicted octanol–water partition coefficient (Wildman–Crippen LogP) is 5.77. The van der Waals surface area contributed by atoms with Crippen LogP contribution in [0.15, 0.2) is 79.0 Å². The number of fused-ring (bicyclic) bond motifs is 1. The van der Waals surface area contributed by atoms with Crippen molar-refractivity contribution in [3.63, 3.8) is 0 Å². The van der Waals surface area contributed by atoms with Gasteiger partial charge in [-0.15, -0.1) is 0 Å². The van der Waals surface area contributed by atoms with Crippen LogP contribution in [0, 0.1) is 19.7 Å². The lowest BCUT2D eigenvalue weighted by Crippen LogP contribution is -2.32. The summed E-state index contributed by atoms with van der Waals surface area (Å²) in [4.78, 5) is 25.4. The van der Waals surface area contributed by atoms with E-state index in [0.717, 1.165) is 22.0 Å². The molecule has 0 aliphatic carbocycles. The van der Waals surface area contributed by atoms with Crippen LogP contribution in [-0.2, 0) is 14.2 Å². The average molecular weight is 488 g/mol. The third-order valence-electron chi connectivity index (χ3n) is 6.38. The molecule has 1 aliphatic heterocycles. The Balaban J connectivity index is 1.35. The van der Waals surface area contributed by atoms with Gasteiger partial charge in [-0.05, 0) is 62.4 Å². The van der Waals surface area contributed by atoms with Gasteiger partial charge in [0.25, 0.3) is 0 Å². The molecular weight excluding hydrogens is 461 g/mol. The van der Waals surface area contributed by atoms with Crippen LogP contribution in [0.3, 0.4) is 0 Å². The highest BCUT2D eigenvalue weighted by Gasteiger charge is 2.40. The van der Waals surface area contributed by atoms with Crippen LogP contribution in [-0.4, -0.2) is 35.3 Å². The highest BCUT2D eigenvalue weighted by molar-refractivity contribution is 5.90. The smallest absolute Gasteiger partial charge is 0.338 e. The summed E-state index contributed by atoms with van der Waals surface area (Å²) in [5, 5.41) is 0.737. The topological polar surface area (TPSA) is 66.8 Å². The van der Waals surface area contributed by atoms with Crippen molar-refractivity contribution in [1.82, 2.24) is 4.57 Å². The molecule has 3 atom stereocenters. The molecule has 0 amide bonds. The Morgan fingerprint density at radius 1 is 0.917 bits per heavy atom. The maximum Gasteiger partial charge on any atom is 0.338 e. The summed E-state index contributed by atoms with van der Waals surface area (Å²) in [6.07, 6.45) is 0.371. The number of aromatic nitrogens is 1. The zero-order chi connectivity index (χ0) is 25.2. The second-order valence-electron chi connectivity index (χ2n) is 9.07. The fraction of sp³-hybridized carbons (Fsp3) is 0.241. The largest absolute Gasteiger partial charge is 0.459 e.